The third-order valence-electron chi connectivity index (χ3n) is 2.81. The first-order chi connectivity index (χ1) is 12.8. The van der Waals surface area contributed by atoms with Crippen LogP contribution in [0, 0.1) is 6.92 Å². The molecule has 1 aromatic rings. The Morgan fingerprint density at radius 3 is 1.82 bits per heavy atom. The molecule has 0 fully saturated rings. The first kappa shape index (κ1) is 28.2. The average Bonchev–Trinajstić information content (AvgIpc) is 2.96. The summed E-state index contributed by atoms with van der Waals surface area (Å²) in [7, 11) is 2.95. The number of imide groups is 1. The smallest absolute Gasteiger partial charge is 0.422 e. The molecular formula is C19H34N2O6S. The Morgan fingerprint density at radius 2 is 1.50 bits per heavy atom. The SMILES string of the molecule is CC.COC(=O)c1snc(N(C=O)C(=O)OC(C)(C)C)c1C.COC(C)(C)C. The van der Waals surface area contributed by atoms with Gasteiger partial charge in [-0.1, -0.05) is 13.8 Å². The second-order valence-electron chi connectivity index (χ2n) is 7.22. The van der Waals surface area contributed by atoms with Crippen molar-refractivity contribution >= 4 is 35.8 Å². The van der Waals surface area contributed by atoms with E-state index < -0.39 is 17.7 Å². The maximum Gasteiger partial charge on any atom is 0.422 e. The molecule has 0 atom stereocenters. The van der Waals surface area contributed by atoms with Crippen LogP contribution in [0.3, 0.4) is 0 Å². The van der Waals surface area contributed by atoms with E-state index in [1.54, 1.807) is 34.8 Å². The lowest BCUT2D eigenvalue weighted by Crippen LogP contribution is -2.36. The molecule has 0 bridgehead atoms. The lowest BCUT2D eigenvalue weighted by molar-refractivity contribution is -0.107. The number of carbonyl (C=O) groups is 3. The summed E-state index contributed by atoms with van der Waals surface area (Å²) in [6.07, 6.45) is -0.547. The third-order valence-corrected chi connectivity index (χ3v) is 3.73. The van der Waals surface area contributed by atoms with E-state index >= 15 is 0 Å². The van der Waals surface area contributed by atoms with Crippen LogP contribution in [0.1, 0.15) is 70.6 Å². The minimum atomic E-state index is -0.850. The Kier molecular flexibility index (Phi) is 12.6. The van der Waals surface area contributed by atoms with Crippen molar-refractivity contribution in [2.45, 2.75) is 73.5 Å². The van der Waals surface area contributed by atoms with Gasteiger partial charge in [0.05, 0.1) is 12.7 Å². The summed E-state index contributed by atoms with van der Waals surface area (Å²) in [5.74, 6) is -0.499. The molecule has 9 heteroatoms. The van der Waals surface area contributed by atoms with E-state index in [4.69, 9.17) is 9.47 Å². The molecule has 8 nitrogen and oxygen atoms in total. The van der Waals surface area contributed by atoms with Crippen LogP contribution in [0.4, 0.5) is 10.6 Å². The highest BCUT2D eigenvalue weighted by Crippen LogP contribution is 2.27. The second kappa shape index (κ2) is 12.5. The minimum Gasteiger partial charge on any atom is -0.465 e. The second-order valence-corrected chi connectivity index (χ2v) is 8.00. The molecule has 0 aromatic carbocycles. The van der Waals surface area contributed by atoms with E-state index in [2.05, 4.69) is 9.11 Å². The van der Waals surface area contributed by atoms with E-state index in [0.717, 1.165) is 16.4 Å². The topological polar surface area (TPSA) is 95.0 Å². The van der Waals surface area contributed by atoms with Crippen LogP contribution in [0.2, 0.25) is 0 Å². The molecule has 0 aliphatic rings. The zero-order valence-electron chi connectivity index (χ0n) is 18.8. The van der Waals surface area contributed by atoms with Crippen molar-refractivity contribution in [2.75, 3.05) is 19.1 Å². The molecule has 0 saturated heterocycles. The van der Waals surface area contributed by atoms with Gasteiger partial charge in [0.1, 0.15) is 10.5 Å². The van der Waals surface area contributed by atoms with Crippen molar-refractivity contribution in [1.29, 1.82) is 0 Å². The van der Waals surface area contributed by atoms with Crippen LogP contribution in [-0.4, -0.2) is 48.3 Å². The average molecular weight is 419 g/mol. The maximum absolute atomic E-state index is 11.9. The summed E-state index contributed by atoms with van der Waals surface area (Å²) < 4.78 is 18.6. The molecule has 1 rings (SSSR count). The summed E-state index contributed by atoms with van der Waals surface area (Å²) in [6.45, 7) is 16.7. The number of methoxy groups -OCH3 is 2. The Morgan fingerprint density at radius 1 is 1.04 bits per heavy atom. The molecule has 0 radical (unpaired) electrons. The molecule has 0 unspecified atom stereocenters. The fourth-order valence-corrected chi connectivity index (χ4v) is 2.11. The van der Waals surface area contributed by atoms with Gasteiger partial charge in [0.2, 0.25) is 6.41 Å². The summed E-state index contributed by atoms with van der Waals surface area (Å²) in [4.78, 5) is 35.5. The van der Waals surface area contributed by atoms with Gasteiger partial charge in [-0.15, -0.1) is 0 Å². The molecule has 28 heavy (non-hydrogen) atoms. The Bertz CT molecular complexity index is 629. The van der Waals surface area contributed by atoms with E-state index in [9.17, 15) is 14.4 Å². The normalized spacial score (nSPS) is 10.5. The standard InChI is InChI=1S/C12H16N2O5S.C5H12O.C2H6/c1-7-8(10(16)18-5)20-13-9(7)14(6-15)11(17)19-12(2,3)4;1-5(2,3)6-4;1-2/h6H,1-5H3;1-4H3;1-2H3. The molecule has 0 aliphatic heterocycles. The van der Waals surface area contributed by atoms with Crippen molar-refractivity contribution < 1.29 is 28.6 Å². The van der Waals surface area contributed by atoms with Gasteiger partial charge in [0, 0.05) is 12.7 Å². The molecule has 0 aliphatic carbocycles. The molecule has 0 saturated carbocycles. The van der Waals surface area contributed by atoms with Gasteiger partial charge in [-0.2, -0.15) is 9.27 Å². The summed E-state index contributed by atoms with van der Waals surface area (Å²) >= 11 is 0.855. The highest BCUT2D eigenvalue weighted by molar-refractivity contribution is 7.08. The molecule has 0 spiro atoms. The number of rotatable bonds is 3. The van der Waals surface area contributed by atoms with Crippen molar-refractivity contribution in [3.63, 3.8) is 0 Å². The van der Waals surface area contributed by atoms with Crippen LogP contribution < -0.4 is 4.90 Å². The number of carbonyl (C=O) groups excluding carboxylic acids is 3. The number of hydrogen-bond acceptors (Lipinski definition) is 8. The lowest BCUT2D eigenvalue weighted by Gasteiger charge is -2.22. The van der Waals surface area contributed by atoms with Gasteiger partial charge in [0.15, 0.2) is 5.82 Å². The highest BCUT2D eigenvalue weighted by atomic mass is 32.1. The number of esters is 1. The Balaban J connectivity index is 0. The van der Waals surface area contributed by atoms with Crippen molar-refractivity contribution in [3.05, 3.63) is 10.4 Å². The number of anilines is 1. The fraction of sp³-hybridized carbons (Fsp3) is 0.684. The quantitative estimate of drug-likeness (QED) is 0.523. The van der Waals surface area contributed by atoms with Crippen molar-refractivity contribution in [3.8, 4) is 0 Å². The van der Waals surface area contributed by atoms with E-state index in [1.807, 2.05) is 34.6 Å². The van der Waals surface area contributed by atoms with Crippen LogP contribution in [0.15, 0.2) is 0 Å². The summed E-state index contributed by atoms with van der Waals surface area (Å²) in [5, 5.41) is 0. The monoisotopic (exact) mass is 418 g/mol. The van der Waals surface area contributed by atoms with E-state index in [1.165, 1.54) is 7.11 Å². The third kappa shape index (κ3) is 10.4. The Hall–Kier alpha value is -2.00. The van der Waals surface area contributed by atoms with Crippen molar-refractivity contribution in [1.82, 2.24) is 4.37 Å². The summed E-state index contributed by atoms with van der Waals surface area (Å²) in [5.41, 5.74) is -0.312. The van der Waals surface area contributed by atoms with E-state index in [-0.39, 0.29) is 16.3 Å². The number of hydrogen-bond donors (Lipinski definition) is 0. The van der Waals surface area contributed by atoms with Gasteiger partial charge in [0.25, 0.3) is 0 Å². The zero-order chi connectivity index (χ0) is 22.7. The van der Waals surface area contributed by atoms with Gasteiger partial charge < -0.3 is 14.2 Å². The van der Waals surface area contributed by atoms with Gasteiger partial charge in [-0.05, 0) is 60.0 Å². The molecule has 2 amide bonds. The first-order valence-electron chi connectivity index (χ1n) is 8.84. The summed E-state index contributed by atoms with van der Waals surface area (Å²) in [6, 6.07) is 0. The minimum absolute atomic E-state index is 0.0417. The van der Waals surface area contributed by atoms with Crippen molar-refractivity contribution in [2.24, 2.45) is 0 Å². The van der Waals surface area contributed by atoms with Crippen LogP contribution in [0.25, 0.3) is 0 Å². The van der Waals surface area contributed by atoms with Gasteiger partial charge >= 0.3 is 12.1 Å². The number of amides is 2. The zero-order valence-corrected chi connectivity index (χ0v) is 19.6. The molecule has 0 N–H and O–H groups in total. The van der Waals surface area contributed by atoms with Gasteiger partial charge in [-0.25, -0.2) is 9.59 Å². The number of nitrogens with zero attached hydrogens (tertiary/aromatic N) is 2. The van der Waals surface area contributed by atoms with Crippen LogP contribution in [-0.2, 0) is 19.0 Å². The molecule has 1 aromatic heterocycles. The predicted molar refractivity (Wildman–Crippen MR) is 111 cm³/mol. The van der Waals surface area contributed by atoms with Gasteiger partial charge in [-0.3, -0.25) is 4.79 Å². The van der Waals surface area contributed by atoms with Crippen LogP contribution >= 0.6 is 11.5 Å². The molecular weight excluding hydrogens is 384 g/mol. The predicted octanol–water partition coefficient (Wildman–Crippen LogP) is 4.59. The highest BCUT2D eigenvalue weighted by Gasteiger charge is 2.28. The number of ether oxygens (including phenoxy) is 3. The lowest BCUT2D eigenvalue weighted by atomic mass is 10.2. The number of aromatic nitrogens is 1. The largest absolute Gasteiger partial charge is 0.465 e. The first-order valence-corrected chi connectivity index (χ1v) is 9.62. The molecule has 162 valence electrons. The Labute approximate surface area is 172 Å². The molecule has 1 heterocycles. The fourth-order valence-electron chi connectivity index (χ4n) is 1.33. The van der Waals surface area contributed by atoms with E-state index in [0.29, 0.717) is 12.0 Å². The maximum atomic E-state index is 11.9. The van der Waals surface area contributed by atoms with Crippen LogP contribution in [0.5, 0.6) is 0 Å².